The highest BCUT2D eigenvalue weighted by Crippen LogP contribution is 2.15. The van der Waals surface area contributed by atoms with Gasteiger partial charge in [-0.1, -0.05) is 0 Å². The Morgan fingerprint density at radius 1 is 1.25 bits per heavy atom. The van der Waals surface area contributed by atoms with Gasteiger partial charge in [0.2, 0.25) is 0 Å². The minimum atomic E-state index is -1.34. The Hall–Kier alpha value is -2.74. The number of furan rings is 1. The highest BCUT2D eigenvalue weighted by Gasteiger charge is 2.25. The molecule has 3 N–H and O–H groups in total. The van der Waals surface area contributed by atoms with Crippen LogP contribution in [0.25, 0.3) is 0 Å². The molecule has 0 saturated heterocycles. The molecule has 8 heteroatoms. The molecule has 24 heavy (non-hydrogen) atoms. The fourth-order valence-electron chi connectivity index (χ4n) is 1.97. The molecule has 6 nitrogen and oxygen atoms in total. The molecule has 1 atom stereocenters. The fourth-order valence-corrected chi connectivity index (χ4v) is 1.97. The predicted molar refractivity (Wildman–Crippen MR) is 81.0 cm³/mol. The van der Waals surface area contributed by atoms with Crippen LogP contribution in [0.4, 0.5) is 14.5 Å². The topological polar surface area (TPSA) is 91.6 Å². The van der Waals surface area contributed by atoms with Crippen LogP contribution in [0.15, 0.2) is 41.0 Å². The maximum Gasteiger partial charge on any atom is 0.313 e. The van der Waals surface area contributed by atoms with Gasteiger partial charge >= 0.3 is 11.8 Å². The molecule has 128 valence electrons. The van der Waals surface area contributed by atoms with Gasteiger partial charge < -0.3 is 20.2 Å². The molecular formula is C16H16F2N2O4. The fraction of sp³-hybridized carbons (Fsp3) is 0.250. The summed E-state index contributed by atoms with van der Waals surface area (Å²) in [4.78, 5) is 23.4. The van der Waals surface area contributed by atoms with Crippen molar-refractivity contribution in [1.82, 2.24) is 5.32 Å². The summed E-state index contributed by atoms with van der Waals surface area (Å²) in [5.41, 5.74) is -1.66. The highest BCUT2D eigenvalue weighted by atomic mass is 19.1. The monoisotopic (exact) mass is 338 g/mol. The second-order valence-electron chi connectivity index (χ2n) is 5.51. The number of benzene rings is 1. The molecule has 0 aliphatic rings. The quantitative estimate of drug-likeness (QED) is 0.722. The summed E-state index contributed by atoms with van der Waals surface area (Å²) in [6.45, 7) is 1.25. The van der Waals surface area contributed by atoms with E-state index < -0.39 is 29.0 Å². The van der Waals surface area contributed by atoms with Gasteiger partial charge in [0.15, 0.2) is 0 Å². The number of nitrogens with one attached hydrogen (secondary N) is 2. The van der Waals surface area contributed by atoms with Gasteiger partial charge in [0.05, 0.1) is 17.6 Å². The number of carbonyl (C=O) groups is 2. The molecule has 1 aromatic heterocycles. The van der Waals surface area contributed by atoms with Crippen LogP contribution >= 0.6 is 0 Å². The molecule has 0 aliphatic heterocycles. The van der Waals surface area contributed by atoms with Crippen molar-refractivity contribution in [2.75, 3.05) is 11.9 Å². The van der Waals surface area contributed by atoms with E-state index in [1.807, 2.05) is 5.32 Å². The Morgan fingerprint density at radius 2 is 2.00 bits per heavy atom. The average Bonchev–Trinajstić information content (AvgIpc) is 2.99. The van der Waals surface area contributed by atoms with Crippen molar-refractivity contribution in [2.24, 2.45) is 0 Å². The van der Waals surface area contributed by atoms with Crippen LogP contribution in [0, 0.1) is 11.6 Å². The molecule has 0 bridgehead atoms. The first-order chi connectivity index (χ1) is 11.3. The van der Waals surface area contributed by atoms with Gasteiger partial charge in [-0.15, -0.1) is 0 Å². The molecule has 1 aromatic carbocycles. The molecule has 0 aliphatic carbocycles. The molecule has 2 amide bonds. The first-order valence-electron chi connectivity index (χ1n) is 7.06. The zero-order valence-corrected chi connectivity index (χ0v) is 12.8. The summed E-state index contributed by atoms with van der Waals surface area (Å²) >= 11 is 0. The smallest absolute Gasteiger partial charge is 0.313 e. The van der Waals surface area contributed by atoms with Crippen molar-refractivity contribution in [1.29, 1.82) is 0 Å². The zero-order chi connectivity index (χ0) is 17.7. The van der Waals surface area contributed by atoms with Gasteiger partial charge in [-0.25, -0.2) is 8.78 Å². The van der Waals surface area contributed by atoms with Crippen LogP contribution in [-0.2, 0) is 16.0 Å². The SMILES string of the molecule is CC(O)(CNC(=O)C(=O)Nc1ccc(F)cc1F)Cc1ccco1. The van der Waals surface area contributed by atoms with Crippen LogP contribution in [0.3, 0.4) is 0 Å². The van der Waals surface area contributed by atoms with Gasteiger partial charge in [-0.2, -0.15) is 0 Å². The van der Waals surface area contributed by atoms with E-state index in [1.165, 1.54) is 13.2 Å². The Labute approximate surface area is 136 Å². The minimum Gasteiger partial charge on any atom is -0.469 e. The Balaban J connectivity index is 1.88. The number of amides is 2. The highest BCUT2D eigenvalue weighted by molar-refractivity contribution is 6.39. The van der Waals surface area contributed by atoms with E-state index in [4.69, 9.17) is 4.42 Å². The Kier molecular flexibility index (Phi) is 5.30. The summed E-state index contributed by atoms with van der Waals surface area (Å²) in [6, 6.07) is 5.87. The van der Waals surface area contributed by atoms with Crippen molar-refractivity contribution in [3.8, 4) is 0 Å². The lowest BCUT2D eigenvalue weighted by Gasteiger charge is -2.22. The van der Waals surface area contributed by atoms with Crippen LogP contribution in [0.5, 0.6) is 0 Å². The number of hydrogen-bond acceptors (Lipinski definition) is 4. The first kappa shape index (κ1) is 17.6. The molecule has 2 rings (SSSR count). The number of halogens is 2. The summed E-state index contributed by atoms with van der Waals surface area (Å²) in [6.07, 6.45) is 1.59. The lowest BCUT2D eigenvalue weighted by molar-refractivity contribution is -0.136. The molecule has 2 aromatic rings. The van der Waals surface area contributed by atoms with Crippen molar-refractivity contribution >= 4 is 17.5 Å². The number of hydrogen-bond donors (Lipinski definition) is 3. The molecule has 0 fully saturated rings. The van der Waals surface area contributed by atoms with Crippen LogP contribution in [0.2, 0.25) is 0 Å². The van der Waals surface area contributed by atoms with Gasteiger partial charge in [-0.3, -0.25) is 9.59 Å². The van der Waals surface area contributed by atoms with Crippen LogP contribution in [-0.4, -0.2) is 29.1 Å². The molecule has 0 radical (unpaired) electrons. The maximum absolute atomic E-state index is 13.4. The molecule has 0 saturated carbocycles. The van der Waals surface area contributed by atoms with E-state index in [9.17, 15) is 23.5 Å². The molecule has 1 unspecified atom stereocenters. The molecular weight excluding hydrogens is 322 g/mol. The van der Waals surface area contributed by atoms with Gasteiger partial charge in [0, 0.05) is 19.0 Å². The summed E-state index contributed by atoms with van der Waals surface area (Å²) in [5, 5.41) is 14.4. The second kappa shape index (κ2) is 7.22. The van der Waals surface area contributed by atoms with Crippen molar-refractivity contribution in [3.63, 3.8) is 0 Å². The molecule has 0 spiro atoms. The van der Waals surface area contributed by atoms with Crippen molar-refractivity contribution in [2.45, 2.75) is 18.9 Å². The van der Waals surface area contributed by atoms with Gasteiger partial charge in [-0.05, 0) is 31.2 Å². The number of rotatable bonds is 5. The standard InChI is InChI=1S/C16H16F2N2O4/c1-16(23,8-11-3-2-6-24-11)9-19-14(21)15(22)20-13-5-4-10(17)7-12(13)18/h2-7,23H,8-9H2,1H3,(H,19,21)(H,20,22). The normalized spacial score (nSPS) is 13.2. The molecule has 1 heterocycles. The summed E-state index contributed by atoms with van der Waals surface area (Å²) in [7, 11) is 0. The van der Waals surface area contributed by atoms with E-state index in [1.54, 1.807) is 12.1 Å². The average molecular weight is 338 g/mol. The lowest BCUT2D eigenvalue weighted by atomic mass is 10.0. The minimum absolute atomic E-state index is 0.133. The number of aliphatic hydroxyl groups is 1. The van der Waals surface area contributed by atoms with Crippen LogP contribution in [0.1, 0.15) is 12.7 Å². The van der Waals surface area contributed by atoms with Gasteiger partial charge in [0.1, 0.15) is 17.4 Å². The second-order valence-corrected chi connectivity index (χ2v) is 5.51. The van der Waals surface area contributed by atoms with E-state index in [-0.39, 0.29) is 18.7 Å². The third-order valence-electron chi connectivity index (χ3n) is 3.15. The summed E-state index contributed by atoms with van der Waals surface area (Å²) < 4.78 is 31.3. The van der Waals surface area contributed by atoms with E-state index in [0.29, 0.717) is 11.8 Å². The van der Waals surface area contributed by atoms with Crippen LogP contribution < -0.4 is 10.6 Å². The lowest BCUT2D eigenvalue weighted by Crippen LogP contribution is -2.45. The number of carbonyl (C=O) groups excluding carboxylic acids is 2. The third-order valence-corrected chi connectivity index (χ3v) is 3.15. The van der Waals surface area contributed by atoms with Crippen molar-refractivity contribution in [3.05, 3.63) is 54.0 Å². The first-order valence-corrected chi connectivity index (χ1v) is 7.06. The zero-order valence-electron chi connectivity index (χ0n) is 12.8. The third kappa shape index (κ3) is 4.88. The maximum atomic E-state index is 13.4. The Morgan fingerprint density at radius 3 is 2.62 bits per heavy atom. The van der Waals surface area contributed by atoms with Gasteiger partial charge in [0.25, 0.3) is 0 Å². The number of anilines is 1. The van der Waals surface area contributed by atoms with Crippen molar-refractivity contribution < 1.29 is 27.9 Å². The van der Waals surface area contributed by atoms with E-state index in [2.05, 4.69) is 5.32 Å². The Bertz CT molecular complexity index is 730. The largest absolute Gasteiger partial charge is 0.469 e. The van der Waals surface area contributed by atoms with E-state index >= 15 is 0 Å². The summed E-state index contributed by atoms with van der Waals surface area (Å²) in [5.74, 6) is -3.47. The predicted octanol–water partition coefficient (Wildman–Crippen LogP) is 1.61. The van der Waals surface area contributed by atoms with E-state index in [0.717, 1.165) is 12.1 Å².